The van der Waals surface area contributed by atoms with Crippen molar-refractivity contribution in [3.63, 3.8) is 0 Å². The lowest BCUT2D eigenvalue weighted by molar-refractivity contribution is -0.0478. The molecule has 2 aromatic carbocycles. The Morgan fingerprint density at radius 3 is 2.36 bits per heavy atom. The highest BCUT2D eigenvalue weighted by Gasteiger charge is 2.23. The summed E-state index contributed by atoms with van der Waals surface area (Å²) in [6.07, 6.45) is 0. The molecule has 0 saturated carbocycles. The maximum absolute atomic E-state index is 13.5. The fourth-order valence-corrected chi connectivity index (χ4v) is 3.49. The zero-order chi connectivity index (χ0) is 23.8. The molecule has 0 atom stereocenters. The fourth-order valence-electron chi connectivity index (χ4n) is 2.97. The molecule has 170 valence electrons. The molecule has 2 aromatic heterocycles. The monoisotopic (exact) mass is 473 g/mol. The van der Waals surface area contributed by atoms with Crippen LogP contribution in [0, 0.1) is 5.82 Å². The van der Waals surface area contributed by atoms with Crippen molar-refractivity contribution in [3.05, 3.63) is 60.0 Å². The summed E-state index contributed by atoms with van der Waals surface area (Å²) in [5, 5.41) is 25.1. The SMILES string of the molecule is NC(=O)N(O)Cc1nn[nH]c1-c1nc(-c2ccc(F)cc2)c(-c2ccc(S(N)(=O)=O)cc2)o1. The van der Waals surface area contributed by atoms with Crippen LogP contribution in [0.2, 0.25) is 0 Å². The van der Waals surface area contributed by atoms with E-state index in [2.05, 4.69) is 20.4 Å². The number of primary amides is 1. The highest BCUT2D eigenvalue weighted by atomic mass is 32.2. The quantitative estimate of drug-likeness (QED) is 0.240. The molecule has 0 aliphatic heterocycles. The molecule has 0 fully saturated rings. The number of nitrogens with two attached hydrogens (primary N) is 2. The molecule has 6 N–H and O–H groups in total. The molecule has 0 spiro atoms. The van der Waals surface area contributed by atoms with Crippen molar-refractivity contribution < 1.29 is 27.2 Å². The van der Waals surface area contributed by atoms with Crippen molar-refractivity contribution in [2.75, 3.05) is 0 Å². The van der Waals surface area contributed by atoms with E-state index < -0.39 is 28.4 Å². The number of aromatic amines is 1. The van der Waals surface area contributed by atoms with E-state index >= 15 is 0 Å². The first-order chi connectivity index (χ1) is 15.6. The second-order valence-electron chi connectivity index (χ2n) is 6.80. The summed E-state index contributed by atoms with van der Waals surface area (Å²) < 4.78 is 42.5. The lowest BCUT2D eigenvalue weighted by Crippen LogP contribution is -2.32. The molecule has 0 aliphatic carbocycles. The summed E-state index contributed by atoms with van der Waals surface area (Å²) >= 11 is 0. The first kappa shape index (κ1) is 22.1. The molecule has 0 bridgehead atoms. The van der Waals surface area contributed by atoms with Gasteiger partial charge in [-0.05, 0) is 48.5 Å². The van der Waals surface area contributed by atoms with E-state index in [1.54, 1.807) is 0 Å². The lowest BCUT2D eigenvalue weighted by atomic mass is 10.1. The van der Waals surface area contributed by atoms with E-state index in [4.69, 9.17) is 15.3 Å². The average molecular weight is 473 g/mol. The number of hydroxylamine groups is 2. The highest BCUT2D eigenvalue weighted by molar-refractivity contribution is 7.89. The summed E-state index contributed by atoms with van der Waals surface area (Å²) in [7, 11) is -3.90. The molecule has 0 saturated heterocycles. The first-order valence-corrected chi connectivity index (χ1v) is 10.7. The summed E-state index contributed by atoms with van der Waals surface area (Å²) in [4.78, 5) is 15.5. The third-order valence-corrected chi connectivity index (χ3v) is 5.51. The van der Waals surface area contributed by atoms with E-state index in [9.17, 15) is 22.8 Å². The second-order valence-corrected chi connectivity index (χ2v) is 8.36. The maximum atomic E-state index is 13.5. The van der Waals surface area contributed by atoms with E-state index in [0.717, 1.165) is 0 Å². The number of nitrogens with one attached hydrogen (secondary N) is 1. The minimum absolute atomic E-state index is 0.00211. The van der Waals surface area contributed by atoms with Crippen LogP contribution in [-0.4, -0.2) is 45.1 Å². The van der Waals surface area contributed by atoms with Gasteiger partial charge < -0.3 is 10.2 Å². The minimum Gasteiger partial charge on any atom is -0.434 e. The van der Waals surface area contributed by atoms with Gasteiger partial charge in [-0.2, -0.15) is 0 Å². The van der Waals surface area contributed by atoms with E-state index in [-0.39, 0.29) is 33.0 Å². The number of carbonyl (C=O) groups excluding carboxylic acids is 1. The average Bonchev–Trinajstić information content (AvgIpc) is 3.40. The number of urea groups is 1. The Labute approximate surface area is 185 Å². The van der Waals surface area contributed by atoms with Gasteiger partial charge in [0.25, 0.3) is 0 Å². The largest absolute Gasteiger partial charge is 0.434 e. The third-order valence-electron chi connectivity index (χ3n) is 4.58. The number of sulfonamides is 1. The number of aromatic nitrogens is 4. The minimum atomic E-state index is -3.90. The Bertz CT molecular complexity index is 1420. The molecule has 0 unspecified atom stereocenters. The maximum Gasteiger partial charge on any atom is 0.338 e. The Morgan fingerprint density at radius 1 is 1.12 bits per heavy atom. The van der Waals surface area contributed by atoms with E-state index in [1.165, 1.54) is 48.5 Å². The van der Waals surface area contributed by atoms with Gasteiger partial charge in [-0.1, -0.05) is 5.21 Å². The molecule has 14 heteroatoms. The van der Waals surface area contributed by atoms with Gasteiger partial charge in [-0.15, -0.1) is 5.10 Å². The molecule has 4 rings (SSSR count). The topological polar surface area (TPSA) is 194 Å². The number of rotatable bonds is 6. The third kappa shape index (κ3) is 4.57. The van der Waals surface area contributed by atoms with Crippen LogP contribution >= 0.6 is 0 Å². The molecule has 0 radical (unpaired) electrons. The van der Waals surface area contributed by atoms with Gasteiger partial charge in [-0.25, -0.2) is 32.8 Å². The van der Waals surface area contributed by atoms with Crippen LogP contribution in [0.1, 0.15) is 5.69 Å². The van der Waals surface area contributed by atoms with Gasteiger partial charge in [0.15, 0.2) is 5.76 Å². The molecular weight excluding hydrogens is 457 g/mol. The number of halogens is 1. The molecule has 33 heavy (non-hydrogen) atoms. The molecule has 4 aromatic rings. The van der Waals surface area contributed by atoms with Crippen molar-refractivity contribution >= 4 is 16.1 Å². The molecular formula is C19H16FN7O5S. The number of primary sulfonamides is 1. The number of carbonyl (C=O) groups is 1. The number of H-pyrrole nitrogens is 1. The standard InChI is InChI=1S/C19H16FN7O5S/c20-12-5-1-10(2-6-12)15-17(11-3-7-13(8-4-11)33(22,30)31)32-18(23-15)16-14(24-26-25-16)9-27(29)19(21)28/h1-8,29H,9H2,(H2,21,28)(H2,22,30,31)(H,24,25,26). The Morgan fingerprint density at radius 2 is 1.76 bits per heavy atom. The number of benzene rings is 2. The Balaban J connectivity index is 1.83. The van der Waals surface area contributed by atoms with E-state index in [0.29, 0.717) is 16.8 Å². The van der Waals surface area contributed by atoms with Gasteiger partial charge in [0.05, 0.1) is 11.4 Å². The Hall–Kier alpha value is -4.14. The van der Waals surface area contributed by atoms with Crippen molar-refractivity contribution in [3.8, 4) is 34.2 Å². The summed E-state index contributed by atoms with van der Waals surface area (Å²) in [6.45, 7) is -0.395. The number of oxazole rings is 1. The fraction of sp³-hybridized carbons (Fsp3) is 0.0526. The summed E-state index contributed by atoms with van der Waals surface area (Å²) in [6, 6.07) is 9.95. The number of hydrogen-bond donors (Lipinski definition) is 4. The van der Waals surface area contributed by atoms with Crippen LogP contribution < -0.4 is 10.9 Å². The number of hydrogen-bond acceptors (Lipinski definition) is 8. The lowest BCUT2D eigenvalue weighted by Gasteiger charge is -2.09. The molecule has 2 heterocycles. The van der Waals surface area contributed by atoms with Crippen molar-refractivity contribution in [2.45, 2.75) is 11.4 Å². The molecule has 12 nitrogen and oxygen atoms in total. The second kappa shape index (κ2) is 8.42. The first-order valence-electron chi connectivity index (χ1n) is 9.19. The van der Waals surface area contributed by atoms with E-state index in [1.807, 2.05) is 0 Å². The summed E-state index contributed by atoms with van der Waals surface area (Å²) in [5.74, 6) is -0.220. The zero-order valence-electron chi connectivity index (χ0n) is 16.6. The van der Waals surface area contributed by atoms with Crippen LogP contribution in [0.25, 0.3) is 34.2 Å². The van der Waals surface area contributed by atoms with Crippen LogP contribution in [0.5, 0.6) is 0 Å². The zero-order valence-corrected chi connectivity index (χ0v) is 17.5. The Kier molecular flexibility index (Phi) is 5.63. The van der Waals surface area contributed by atoms with Crippen molar-refractivity contribution in [1.82, 2.24) is 25.5 Å². The van der Waals surface area contributed by atoms with Crippen LogP contribution in [0.15, 0.2) is 57.8 Å². The van der Waals surface area contributed by atoms with Gasteiger partial charge in [0.1, 0.15) is 22.9 Å². The highest BCUT2D eigenvalue weighted by Crippen LogP contribution is 2.36. The predicted octanol–water partition coefficient (Wildman–Crippen LogP) is 1.85. The van der Waals surface area contributed by atoms with Gasteiger partial charge in [0, 0.05) is 11.1 Å². The smallest absolute Gasteiger partial charge is 0.338 e. The molecule has 2 amide bonds. The van der Waals surface area contributed by atoms with Crippen molar-refractivity contribution in [2.24, 2.45) is 10.9 Å². The summed E-state index contributed by atoms with van der Waals surface area (Å²) in [5.41, 5.74) is 6.57. The number of amides is 2. The van der Waals surface area contributed by atoms with Gasteiger partial charge >= 0.3 is 6.03 Å². The normalized spacial score (nSPS) is 11.5. The van der Waals surface area contributed by atoms with Crippen LogP contribution in [-0.2, 0) is 16.6 Å². The number of nitrogens with zero attached hydrogens (tertiary/aromatic N) is 4. The van der Waals surface area contributed by atoms with Gasteiger partial charge in [0.2, 0.25) is 15.9 Å². The predicted molar refractivity (Wildman–Crippen MR) is 111 cm³/mol. The van der Waals surface area contributed by atoms with Crippen LogP contribution in [0.4, 0.5) is 9.18 Å². The molecule has 0 aliphatic rings. The van der Waals surface area contributed by atoms with Gasteiger partial charge in [-0.3, -0.25) is 10.3 Å². The van der Waals surface area contributed by atoms with Crippen LogP contribution in [0.3, 0.4) is 0 Å². The van der Waals surface area contributed by atoms with Crippen molar-refractivity contribution in [1.29, 1.82) is 0 Å².